The van der Waals surface area contributed by atoms with Crippen molar-refractivity contribution >= 4 is 23.4 Å². The first-order valence-electron chi connectivity index (χ1n) is 10.6. The van der Waals surface area contributed by atoms with E-state index in [1.807, 2.05) is 42.6 Å². The van der Waals surface area contributed by atoms with Crippen molar-refractivity contribution in [2.75, 3.05) is 18.2 Å². The average molecular weight is 438 g/mol. The third-order valence-electron chi connectivity index (χ3n) is 5.70. The van der Waals surface area contributed by atoms with Crippen LogP contribution in [0.4, 0.5) is 5.69 Å². The molecule has 7 nitrogen and oxygen atoms in total. The van der Waals surface area contributed by atoms with Crippen LogP contribution < -0.4 is 10.1 Å². The van der Waals surface area contributed by atoms with Crippen LogP contribution >= 0.6 is 11.8 Å². The summed E-state index contributed by atoms with van der Waals surface area (Å²) in [6.45, 7) is 2.29. The SMILES string of the molecule is COc1ccccc1NC(=O)CSc1nnc(-c2cccnc2)n1[C@@H]1CCCC[C@@H]1C. The van der Waals surface area contributed by atoms with Crippen LogP contribution in [0.1, 0.15) is 38.6 Å². The highest BCUT2D eigenvalue weighted by molar-refractivity contribution is 7.99. The molecule has 0 aliphatic heterocycles. The lowest BCUT2D eigenvalue weighted by Crippen LogP contribution is -2.23. The van der Waals surface area contributed by atoms with E-state index in [1.54, 1.807) is 13.3 Å². The number of amides is 1. The van der Waals surface area contributed by atoms with E-state index >= 15 is 0 Å². The average Bonchev–Trinajstić information content (AvgIpc) is 3.22. The van der Waals surface area contributed by atoms with Crippen LogP contribution in [0.25, 0.3) is 11.4 Å². The zero-order valence-corrected chi connectivity index (χ0v) is 18.6. The van der Waals surface area contributed by atoms with Gasteiger partial charge in [0.1, 0.15) is 5.75 Å². The van der Waals surface area contributed by atoms with Gasteiger partial charge < -0.3 is 10.1 Å². The van der Waals surface area contributed by atoms with Gasteiger partial charge in [0, 0.05) is 24.0 Å². The summed E-state index contributed by atoms with van der Waals surface area (Å²) in [7, 11) is 1.59. The van der Waals surface area contributed by atoms with Crippen molar-refractivity contribution in [1.82, 2.24) is 19.7 Å². The third-order valence-corrected chi connectivity index (χ3v) is 6.64. The van der Waals surface area contributed by atoms with Crippen molar-refractivity contribution in [1.29, 1.82) is 0 Å². The number of carbonyl (C=O) groups excluding carboxylic acids is 1. The quantitative estimate of drug-likeness (QED) is 0.533. The third kappa shape index (κ3) is 4.90. The van der Waals surface area contributed by atoms with Crippen molar-refractivity contribution in [2.24, 2.45) is 5.92 Å². The maximum Gasteiger partial charge on any atom is 0.234 e. The molecule has 0 saturated heterocycles. The number of nitrogens with zero attached hydrogens (tertiary/aromatic N) is 4. The number of pyridine rings is 1. The van der Waals surface area contributed by atoms with E-state index in [2.05, 4.69) is 32.0 Å². The van der Waals surface area contributed by atoms with Gasteiger partial charge in [0.2, 0.25) is 5.91 Å². The van der Waals surface area contributed by atoms with Gasteiger partial charge in [-0.2, -0.15) is 0 Å². The molecule has 3 aromatic rings. The molecule has 0 unspecified atom stereocenters. The highest BCUT2D eigenvalue weighted by Crippen LogP contribution is 2.38. The topological polar surface area (TPSA) is 81.9 Å². The molecule has 1 saturated carbocycles. The first kappa shape index (κ1) is 21.4. The number of aromatic nitrogens is 4. The molecule has 1 aliphatic carbocycles. The molecule has 1 N–H and O–H groups in total. The number of hydrogen-bond donors (Lipinski definition) is 1. The molecule has 8 heteroatoms. The molecule has 2 heterocycles. The second-order valence-corrected chi connectivity index (χ2v) is 8.73. The fraction of sp³-hybridized carbons (Fsp3) is 0.391. The van der Waals surface area contributed by atoms with E-state index in [4.69, 9.17) is 4.74 Å². The molecule has 162 valence electrons. The number of nitrogens with one attached hydrogen (secondary N) is 1. The number of methoxy groups -OCH3 is 1. The summed E-state index contributed by atoms with van der Waals surface area (Å²) < 4.78 is 7.54. The van der Waals surface area contributed by atoms with Crippen molar-refractivity contribution in [3.63, 3.8) is 0 Å². The molecule has 1 aliphatic rings. The van der Waals surface area contributed by atoms with Gasteiger partial charge in [0.25, 0.3) is 0 Å². The molecule has 0 spiro atoms. The monoisotopic (exact) mass is 437 g/mol. The van der Waals surface area contributed by atoms with Crippen LogP contribution in [0.2, 0.25) is 0 Å². The van der Waals surface area contributed by atoms with Crippen molar-refractivity contribution < 1.29 is 9.53 Å². The lowest BCUT2D eigenvalue weighted by atomic mass is 9.85. The zero-order chi connectivity index (χ0) is 21.6. The zero-order valence-electron chi connectivity index (χ0n) is 17.8. The van der Waals surface area contributed by atoms with Crippen LogP contribution in [0, 0.1) is 5.92 Å². The summed E-state index contributed by atoms with van der Waals surface area (Å²) in [5, 5.41) is 12.6. The van der Waals surface area contributed by atoms with Gasteiger partial charge in [-0.3, -0.25) is 14.3 Å². The summed E-state index contributed by atoms with van der Waals surface area (Å²) in [5.41, 5.74) is 1.60. The molecule has 1 aromatic carbocycles. The predicted molar refractivity (Wildman–Crippen MR) is 122 cm³/mol. The van der Waals surface area contributed by atoms with Gasteiger partial charge >= 0.3 is 0 Å². The van der Waals surface area contributed by atoms with Crippen LogP contribution in [-0.4, -0.2) is 38.5 Å². The lowest BCUT2D eigenvalue weighted by molar-refractivity contribution is -0.113. The Bertz CT molecular complexity index is 1020. The maximum absolute atomic E-state index is 12.6. The maximum atomic E-state index is 12.6. The van der Waals surface area contributed by atoms with E-state index in [-0.39, 0.29) is 11.7 Å². The molecule has 1 amide bonds. The predicted octanol–water partition coefficient (Wildman–Crippen LogP) is 4.83. The van der Waals surface area contributed by atoms with Crippen molar-refractivity contribution in [3.05, 3.63) is 48.8 Å². The summed E-state index contributed by atoms with van der Waals surface area (Å²) >= 11 is 1.42. The van der Waals surface area contributed by atoms with Crippen molar-refractivity contribution in [2.45, 2.75) is 43.8 Å². The van der Waals surface area contributed by atoms with Gasteiger partial charge in [-0.05, 0) is 43.0 Å². The summed E-state index contributed by atoms with van der Waals surface area (Å²) in [5.74, 6) is 2.12. The number of para-hydroxylation sites is 2. The van der Waals surface area contributed by atoms with Crippen molar-refractivity contribution in [3.8, 4) is 17.1 Å². The van der Waals surface area contributed by atoms with E-state index in [0.29, 0.717) is 23.4 Å². The van der Waals surface area contributed by atoms with Crippen LogP contribution in [0.15, 0.2) is 53.9 Å². The van der Waals surface area contributed by atoms with Crippen LogP contribution in [0.3, 0.4) is 0 Å². The minimum absolute atomic E-state index is 0.108. The summed E-state index contributed by atoms with van der Waals surface area (Å²) in [6.07, 6.45) is 8.30. The van der Waals surface area contributed by atoms with Gasteiger partial charge in [-0.1, -0.05) is 43.7 Å². The molecule has 0 radical (unpaired) electrons. The fourth-order valence-corrected chi connectivity index (χ4v) is 4.90. The van der Waals surface area contributed by atoms with E-state index in [0.717, 1.165) is 23.0 Å². The molecule has 31 heavy (non-hydrogen) atoms. The number of ether oxygens (including phenoxy) is 1. The molecular weight excluding hydrogens is 410 g/mol. The standard InChI is InChI=1S/C23H27N5O2S/c1-16-8-3-5-11-19(16)28-22(17-9-7-13-24-14-17)26-27-23(28)31-15-21(29)25-18-10-4-6-12-20(18)30-2/h4,6-7,9-10,12-14,16,19H,3,5,8,11,15H2,1-2H3,(H,25,29)/t16-,19+/m0/s1. The Labute approximate surface area is 186 Å². The number of carbonyl (C=O) groups is 1. The largest absolute Gasteiger partial charge is 0.495 e. The van der Waals surface area contributed by atoms with Gasteiger partial charge in [-0.25, -0.2) is 0 Å². The Balaban J connectivity index is 1.55. The minimum Gasteiger partial charge on any atom is -0.495 e. The van der Waals surface area contributed by atoms with E-state index < -0.39 is 0 Å². The van der Waals surface area contributed by atoms with Gasteiger partial charge in [0.15, 0.2) is 11.0 Å². The molecular formula is C23H27N5O2S. The fourth-order valence-electron chi connectivity index (χ4n) is 4.11. The highest BCUT2D eigenvalue weighted by Gasteiger charge is 2.29. The Morgan fingerprint density at radius 3 is 2.81 bits per heavy atom. The second-order valence-electron chi connectivity index (χ2n) is 7.78. The number of rotatable bonds is 7. The number of benzene rings is 1. The minimum atomic E-state index is -0.108. The van der Waals surface area contributed by atoms with Gasteiger partial charge in [0.05, 0.1) is 18.6 Å². The first-order valence-corrected chi connectivity index (χ1v) is 11.6. The molecule has 4 rings (SSSR count). The highest BCUT2D eigenvalue weighted by atomic mass is 32.2. The normalized spacial score (nSPS) is 18.5. The van der Waals surface area contributed by atoms with Crippen LogP contribution in [0.5, 0.6) is 5.75 Å². The first-order chi connectivity index (χ1) is 15.2. The van der Waals surface area contributed by atoms with E-state index in [9.17, 15) is 4.79 Å². The number of anilines is 1. The summed E-state index contributed by atoms with van der Waals surface area (Å²) in [6, 6.07) is 11.6. The molecule has 0 bridgehead atoms. The Kier molecular flexibility index (Phi) is 6.86. The molecule has 1 fully saturated rings. The van der Waals surface area contributed by atoms with E-state index in [1.165, 1.54) is 31.0 Å². The lowest BCUT2D eigenvalue weighted by Gasteiger charge is -2.31. The second kappa shape index (κ2) is 9.96. The Hall–Kier alpha value is -2.87. The molecule has 2 aromatic heterocycles. The molecule has 2 atom stereocenters. The number of hydrogen-bond acceptors (Lipinski definition) is 6. The Morgan fingerprint density at radius 1 is 1.19 bits per heavy atom. The smallest absolute Gasteiger partial charge is 0.234 e. The summed E-state index contributed by atoms with van der Waals surface area (Å²) in [4.78, 5) is 16.9. The number of thioether (sulfide) groups is 1. The van der Waals surface area contributed by atoms with Gasteiger partial charge in [-0.15, -0.1) is 10.2 Å². The van der Waals surface area contributed by atoms with Crippen LogP contribution in [-0.2, 0) is 4.79 Å². The Morgan fingerprint density at radius 2 is 2.03 bits per heavy atom.